The second kappa shape index (κ2) is 5.25. The zero-order chi connectivity index (χ0) is 9.68. The van der Waals surface area contributed by atoms with E-state index >= 15 is 0 Å². The molecule has 0 aromatic carbocycles. The number of rotatable bonds is 5. The van der Waals surface area contributed by atoms with Gasteiger partial charge in [-0.3, -0.25) is 0 Å². The van der Waals surface area contributed by atoms with Gasteiger partial charge in [0.2, 0.25) is 0 Å². The predicted molar refractivity (Wildman–Crippen MR) is 52.9 cm³/mol. The Bertz CT molecular complexity index is 250. The van der Waals surface area contributed by atoms with Crippen LogP contribution in [-0.4, -0.2) is 22.3 Å². The van der Waals surface area contributed by atoms with Gasteiger partial charge in [0.1, 0.15) is 0 Å². The molecule has 0 saturated carbocycles. The number of halogens is 1. The smallest absolute Gasteiger partial charge is 0.0949 e. The number of aromatic nitrogens is 2. The van der Waals surface area contributed by atoms with Crippen LogP contribution in [0, 0.1) is 0 Å². The van der Waals surface area contributed by atoms with E-state index in [0.717, 1.165) is 18.8 Å². The second-order valence-corrected chi connectivity index (χ2v) is 3.20. The van der Waals surface area contributed by atoms with Crippen molar-refractivity contribution in [2.24, 2.45) is 0 Å². The van der Waals surface area contributed by atoms with Crippen LogP contribution in [0.3, 0.4) is 0 Å². The summed E-state index contributed by atoms with van der Waals surface area (Å²) in [4.78, 5) is 4.03. The zero-order valence-electron chi connectivity index (χ0n) is 8.03. The maximum absolute atomic E-state index is 5.73. The highest BCUT2D eigenvalue weighted by Crippen LogP contribution is 2.05. The summed E-state index contributed by atoms with van der Waals surface area (Å²) in [6.45, 7) is 5.59. The standard InChI is InChI=1S/C9H15ClN2O/c1-3-13-8(2)6-12-7-11-5-9(12)4-10/h5,7-8H,3-4,6H2,1-2H3. The fourth-order valence-corrected chi connectivity index (χ4v) is 1.46. The summed E-state index contributed by atoms with van der Waals surface area (Å²) < 4.78 is 7.44. The number of imidazole rings is 1. The molecule has 0 aliphatic rings. The zero-order valence-corrected chi connectivity index (χ0v) is 8.79. The van der Waals surface area contributed by atoms with E-state index in [-0.39, 0.29) is 6.10 Å². The molecular weight excluding hydrogens is 188 g/mol. The molecule has 0 amide bonds. The molecular formula is C9H15ClN2O. The molecule has 0 aliphatic carbocycles. The minimum absolute atomic E-state index is 0.209. The van der Waals surface area contributed by atoms with Gasteiger partial charge in [-0.15, -0.1) is 11.6 Å². The molecule has 4 heteroatoms. The quantitative estimate of drug-likeness (QED) is 0.684. The van der Waals surface area contributed by atoms with Crippen molar-refractivity contribution >= 4 is 11.6 Å². The van der Waals surface area contributed by atoms with Gasteiger partial charge >= 0.3 is 0 Å². The Labute approximate surface area is 83.7 Å². The van der Waals surface area contributed by atoms with E-state index in [1.54, 1.807) is 12.5 Å². The Morgan fingerprint density at radius 1 is 1.69 bits per heavy atom. The fourth-order valence-electron chi connectivity index (χ4n) is 1.24. The second-order valence-electron chi connectivity index (χ2n) is 2.94. The molecule has 3 nitrogen and oxygen atoms in total. The van der Waals surface area contributed by atoms with E-state index < -0.39 is 0 Å². The number of hydrogen-bond acceptors (Lipinski definition) is 2. The van der Waals surface area contributed by atoms with Crippen LogP contribution in [0.4, 0.5) is 0 Å². The van der Waals surface area contributed by atoms with Gasteiger partial charge in [-0.2, -0.15) is 0 Å². The van der Waals surface area contributed by atoms with Gasteiger partial charge in [-0.05, 0) is 13.8 Å². The lowest BCUT2D eigenvalue weighted by Gasteiger charge is -2.13. The maximum Gasteiger partial charge on any atom is 0.0949 e. The minimum atomic E-state index is 0.209. The molecule has 0 saturated heterocycles. The van der Waals surface area contributed by atoms with Crippen molar-refractivity contribution in [3.8, 4) is 0 Å². The maximum atomic E-state index is 5.73. The molecule has 1 heterocycles. The van der Waals surface area contributed by atoms with E-state index in [1.165, 1.54) is 0 Å². The number of hydrogen-bond donors (Lipinski definition) is 0. The normalized spacial score (nSPS) is 13.2. The van der Waals surface area contributed by atoms with Gasteiger partial charge in [0.15, 0.2) is 0 Å². The van der Waals surface area contributed by atoms with E-state index in [4.69, 9.17) is 16.3 Å². The molecule has 13 heavy (non-hydrogen) atoms. The molecule has 0 N–H and O–H groups in total. The highest BCUT2D eigenvalue weighted by atomic mass is 35.5. The van der Waals surface area contributed by atoms with E-state index in [9.17, 15) is 0 Å². The molecule has 1 unspecified atom stereocenters. The average molecular weight is 203 g/mol. The van der Waals surface area contributed by atoms with Gasteiger partial charge < -0.3 is 9.30 Å². The monoisotopic (exact) mass is 202 g/mol. The molecule has 0 radical (unpaired) electrons. The third kappa shape index (κ3) is 3.01. The summed E-state index contributed by atoms with van der Waals surface area (Å²) in [5.41, 5.74) is 1.04. The van der Waals surface area contributed by atoms with Gasteiger partial charge in [-0.1, -0.05) is 0 Å². The summed E-state index contributed by atoms with van der Waals surface area (Å²) in [5.74, 6) is 0.499. The Balaban J connectivity index is 2.52. The number of alkyl halides is 1. The molecule has 0 spiro atoms. The van der Waals surface area contributed by atoms with Gasteiger partial charge in [0.05, 0.1) is 24.0 Å². The van der Waals surface area contributed by atoms with Gasteiger partial charge in [0, 0.05) is 19.3 Å². The lowest BCUT2D eigenvalue weighted by molar-refractivity contribution is 0.0636. The Morgan fingerprint density at radius 2 is 2.46 bits per heavy atom. The highest BCUT2D eigenvalue weighted by Gasteiger charge is 2.05. The first kappa shape index (κ1) is 10.5. The molecule has 1 aromatic heterocycles. The summed E-state index contributed by atoms with van der Waals surface area (Å²) in [7, 11) is 0. The van der Waals surface area contributed by atoms with Crippen LogP contribution in [0.1, 0.15) is 19.5 Å². The van der Waals surface area contributed by atoms with Crippen molar-refractivity contribution in [1.29, 1.82) is 0 Å². The first-order chi connectivity index (χ1) is 6.27. The van der Waals surface area contributed by atoms with E-state index in [1.807, 2.05) is 18.4 Å². The van der Waals surface area contributed by atoms with Crippen molar-refractivity contribution in [2.75, 3.05) is 6.61 Å². The van der Waals surface area contributed by atoms with Crippen LogP contribution >= 0.6 is 11.6 Å². The molecule has 1 aromatic rings. The Morgan fingerprint density at radius 3 is 3.08 bits per heavy atom. The summed E-state index contributed by atoms with van der Waals surface area (Å²) in [5, 5.41) is 0. The minimum Gasteiger partial charge on any atom is -0.377 e. The summed E-state index contributed by atoms with van der Waals surface area (Å²) in [6, 6.07) is 0. The Hall–Kier alpha value is -0.540. The number of nitrogens with zero attached hydrogens (tertiary/aromatic N) is 2. The summed E-state index contributed by atoms with van der Waals surface area (Å²) in [6.07, 6.45) is 3.78. The van der Waals surface area contributed by atoms with Gasteiger partial charge in [-0.25, -0.2) is 4.98 Å². The van der Waals surface area contributed by atoms with Crippen LogP contribution in [-0.2, 0) is 17.2 Å². The van der Waals surface area contributed by atoms with E-state index in [2.05, 4.69) is 4.98 Å². The van der Waals surface area contributed by atoms with Crippen LogP contribution in [0.5, 0.6) is 0 Å². The van der Waals surface area contributed by atoms with Crippen molar-refractivity contribution < 1.29 is 4.74 Å². The number of ether oxygens (including phenoxy) is 1. The largest absolute Gasteiger partial charge is 0.377 e. The van der Waals surface area contributed by atoms with Crippen molar-refractivity contribution in [1.82, 2.24) is 9.55 Å². The third-order valence-corrected chi connectivity index (χ3v) is 2.11. The molecule has 74 valence electrons. The highest BCUT2D eigenvalue weighted by molar-refractivity contribution is 6.16. The molecule has 1 rings (SSSR count). The molecule has 0 bridgehead atoms. The third-order valence-electron chi connectivity index (χ3n) is 1.84. The topological polar surface area (TPSA) is 27.1 Å². The predicted octanol–water partition coefficient (Wildman–Crippen LogP) is 2.05. The average Bonchev–Trinajstić information content (AvgIpc) is 2.52. The first-order valence-electron chi connectivity index (χ1n) is 4.44. The van der Waals surface area contributed by atoms with E-state index in [0.29, 0.717) is 5.88 Å². The van der Waals surface area contributed by atoms with Crippen LogP contribution in [0.15, 0.2) is 12.5 Å². The lowest BCUT2D eigenvalue weighted by Crippen LogP contribution is -2.17. The molecule has 1 atom stereocenters. The molecule has 0 fully saturated rings. The fraction of sp³-hybridized carbons (Fsp3) is 0.667. The van der Waals surface area contributed by atoms with Crippen molar-refractivity contribution in [3.63, 3.8) is 0 Å². The van der Waals surface area contributed by atoms with Crippen LogP contribution in [0.25, 0.3) is 0 Å². The van der Waals surface area contributed by atoms with Crippen molar-refractivity contribution in [2.45, 2.75) is 32.4 Å². The van der Waals surface area contributed by atoms with Crippen LogP contribution in [0.2, 0.25) is 0 Å². The lowest BCUT2D eigenvalue weighted by atomic mass is 10.4. The first-order valence-corrected chi connectivity index (χ1v) is 4.98. The van der Waals surface area contributed by atoms with Crippen molar-refractivity contribution in [3.05, 3.63) is 18.2 Å². The summed E-state index contributed by atoms with van der Waals surface area (Å²) >= 11 is 5.73. The van der Waals surface area contributed by atoms with Crippen LogP contribution < -0.4 is 0 Å². The van der Waals surface area contributed by atoms with Gasteiger partial charge in [0.25, 0.3) is 0 Å². The Kier molecular flexibility index (Phi) is 4.25. The molecule has 0 aliphatic heterocycles. The SMILES string of the molecule is CCOC(C)Cn1cncc1CCl.